The molecule has 0 aliphatic carbocycles. The maximum absolute atomic E-state index is 12.4. The topological polar surface area (TPSA) is 45.2 Å². The van der Waals surface area contributed by atoms with Crippen molar-refractivity contribution in [2.75, 3.05) is 25.5 Å². The molecule has 2 rings (SSSR count). The molecule has 1 aromatic heterocycles. The van der Waals surface area contributed by atoms with Gasteiger partial charge in [-0.2, -0.15) is 0 Å². The molecule has 0 saturated heterocycles. The van der Waals surface area contributed by atoms with E-state index in [0.29, 0.717) is 11.4 Å². The van der Waals surface area contributed by atoms with Gasteiger partial charge in [0, 0.05) is 36.9 Å². The van der Waals surface area contributed by atoms with E-state index in [9.17, 15) is 4.79 Å². The van der Waals surface area contributed by atoms with E-state index in [4.69, 9.17) is 11.6 Å². The second kappa shape index (κ2) is 9.28. The molecule has 1 N–H and O–H groups in total. The molecule has 0 unspecified atom stereocenters. The molecule has 0 aliphatic rings. The number of carbonyl (C=O) groups is 1. The lowest BCUT2D eigenvalue weighted by atomic mass is 10.1. The summed E-state index contributed by atoms with van der Waals surface area (Å²) in [6.07, 6.45) is 4.60. The Morgan fingerprint density at radius 1 is 1.29 bits per heavy atom. The second-order valence-electron chi connectivity index (χ2n) is 5.82. The van der Waals surface area contributed by atoms with Crippen LogP contribution in [0, 0.1) is 0 Å². The van der Waals surface area contributed by atoms with Crippen LogP contribution in [0.15, 0.2) is 42.6 Å². The van der Waals surface area contributed by atoms with E-state index < -0.39 is 0 Å². The van der Waals surface area contributed by atoms with Gasteiger partial charge in [0.2, 0.25) is 0 Å². The van der Waals surface area contributed by atoms with Crippen molar-refractivity contribution in [3.05, 3.63) is 58.7 Å². The second-order valence-corrected chi connectivity index (χ2v) is 6.25. The molecule has 24 heavy (non-hydrogen) atoms. The maximum atomic E-state index is 12.4. The van der Waals surface area contributed by atoms with Crippen LogP contribution in [0.1, 0.15) is 35.7 Å². The number of hydrogen-bond acceptors (Lipinski definition) is 3. The quantitative estimate of drug-likeness (QED) is 0.777. The molecule has 1 aromatic carbocycles. The average molecular weight is 346 g/mol. The van der Waals surface area contributed by atoms with Gasteiger partial charge in [0.05, 0.1) is 0 Å². The molecular formula is C19H24ClN3O. The summed E-state index contributed by atoms with van der Waals surface area (Å²) in [6.45, 7) is 3.62. The molecule has 1 amide bonds. The van der Waals surface area contributed by atoms with E-state index in [1.165, 1.54) is 5.56 Å². The smallest absolute Gasteiger partial charge is 0.253 e. The molecule has 128 valence electrons. The molecular weight excluding hydrogens is 322 g/mol. The first kappa shape index (κ1) is 18.3. The molecule has 0 fully saturated rings. The lowest BCUT2D eigenvalue weighted by Crippen LogP contribution is -2.27. The minimum absolute atomic E-state index is 0.0312. The number of carbonyl (C=O) groups excluding carboxylic acids is 1. The SMILES string of the molecule is CCCCN(C)C(=O)c1ccnc(NCCc2cccc(Cl)c2)c1. The van der Waals surface area contributed by atoms with Crippen molar-refractivity contribution in [3.63, 3.8) is 0 Å². The van der Waals surface area contributed by atoms with Crippen molar-refractivity contribution in [3.8, 4) is 0 Å². The Kier molecular flexibility index (Phi) is 7.07. The number of nitrogens with zero attached hydrogens (tertiary/aromatic N) is 2. The summed E-state index contributed by atoms with van der Waals surface area (Å²) in [5.41, 5.74) is 1.83. The van der Waals surface area contributed by atoms with Crippen LogP contribution in [0.2, 0.25) is 5.02 Å². The summed E-state index contributed by atoms with van der Waals surface area (Å²) in [5, 5.41) is 4.01. The number of benzene rings is 1. The van der Waals surface area contributed by atoms with Crippen LogP contribution in [0.5, 0.6) is 0 Å². The number of rotatable bonds is 8. The number of hydrogen-bond donors (Lipinski definition) is 1. The first-order valence-corrected chi connectivity index (χ1v) is 8.67. The van der Waals surface area contributed by atoms with Crippen molar-refractivity contribution in [2.45, 2.75) is 26.2 Å². The fourth-order valence-electron chi connectivity index (χ4n) is 2.40. The Labute approximate surface area is 148 Å². The average Bonchev–Trinajstić information content (AvgIpc) is 2.59. The Morgan fingerprint density at radius 2 is 2.12 bits per heavy atom. The summed E-state index contributed by atoms with van der Waals surface area (Å²) in [6, 6.07) is 11.4. The van der Waals surface area contributed by atoms with Crippen LogP contribution in [0.4, 0.5) is 5.82 Å². The zero-order chi connectivity index (χ0) is 17.4. The van der Waals surface area contributed by atoms with Crippen molar-refractivity contribution >= 4 is 23.3 Å². The third-order valence-electron chi connectivity index (χ3n) is 3.81. The highest BCUT2D eigenvalue weighted by atomic mass is 35.5. The van der Waals surface area contributed by atoms with Gasteiger partial charge in [0.1, 0.15) is 5.82 Å². The van der Waals surface area contributed by atoms with Gasteiger partial charge >= 0.3 is 0 Å². The van der Waals surface area contributed by atoms with E-state index in [1.807, 2.05) is 37.4 Å². The summed E-state index contributed by atoms with van der Waals surface area (Å²) < 4.78 is 0. The molecule has 0 saturated carbocycles. The number of anilines is 1. The fourth-order valence-corrected chi connectivity index (χ4v) is 2.62. The third kappa shape index (κ3) is 5.53. The fraction of sp³-hybridized carbons (Fsp3) is 0.368. The van der Waals surface area contributed by atoms with Crippen LogP contribution in [-0.2, 0) is 6.42 Å². The highest BCUT2D eigenvalue weighted by Crippen LogP contribution is 2.13. The monoisotopic (exact) mass is 345 g/mol. The first-order chi connectivity index (χ1) is 11.6. The highest BCUT2D eigenvalue weighted by Gasteiger charge is 2.11. The summed E-state index contributed by atoms with van der Waals surface area (Å²) >= 11 is 5.99. The van der Waals surface area contributed by atoms with Crippen LogP contribution >= 0.6 is 11.6 Å². The molecule has 4 nitrogen and oxygen atoms in total. The van der Waals surface area contributed by atoms with Crippen molar-refractivity contribution in [2.24, 2.45) is 0 Å². The molecule has 0 aliphatic heterocycles. The lowest BCUT2D eigenvalue weighted by Gasteiger charge is -2.17. The van der Waals surface area contributed by atoms with Gasteiger partial charge in [0.15, 0.2) is 0 Å². The number of nitrogens with one attached hydrogen (secondary N) is 1. The predicted octanol–water partition coefficient (Wildman–Crippen LogP) is 4.26. The number of halogens is 1. The normalized spacial score (nSPS) is 10.5. The largest absolute Gasteiger partial charge is 0.370 e. The number of amides is 1. The molecule has 2 aromatic rings. The zero-order valence-corrected chi connectivity index (χ0v) is 15.0. The minimum atomic E-state index is 0.0312. The molecule has 5 heteroatoms. The summed E-state index contributed by atoms with van der Waals surface area (Å²) in [7, 11) is 1.84. The van der Waals surface area contributed by atoms with Crippen LogP contribution in [0.25, 0.3) is 0 Å². The highest BCUT2D eigenvalue weighted by molar-refractivity contribution is 6.30. The van der Waals surface area contributed by atoms with Gasteiger partial charge in [-0.3, -0.25) is 4.79 Å². The van der Waals surface area contributed by atoms with Gasteiger partial charge in [-0.1, -0.05) is 37.1 Å². The Hall–Kier alpha value is -2.07. The lowest BCUT2D eigenvalue weighted by molar-refractivity contribution is 0.0793. The van der Waals surface area contributed by atoms with Crippen molar-refractivity contribution < 1.29 is 4.79 Å². The first-order valence-electron chi connectivity index (χ1n) is 8.30. The van der Waals surface area contributed by atoms with E-state index >= 15 is 0 Å². The Morgan fingerprint density at radius 3 is 2.88 bits per heavy atom. The van der Waals surface area contributed by atoms with Crippen LogP contribution in [-0.4, -0.2) is 35.9 Å². The third-order valence-corrected chi connectivity index (χ3v) is 4.04. The molecule has 1 heterocycles. The van der Waals surface area contributed by atoms with Crippen molar-refractivity contribution in [1.29, 1.82) is 0 Å². The molecule has 0 atom stereocenters. The van der Waals surface area contributed by atoms with Gasteiger partial charge in [-0.15, -0.1) is 0 Å². The zero-order valence-electron chi connectivity index (χ0n) is 14.3. The van der Waals surface area contributed by atoms with Crippen LogP contribution in [0.3, 0.4) is 0 Å². The van der Waals surface area contributed by atoms with E-state index in [2.05, 4.69) is 17.2 Å². The molecule has 0 spiro atoms. The number of aromatic nitrogens is 1. The van der Waals surface area contributed by atoms with E-state index in [1.54, 1.807) is 17.2 Å². The van der Waals surface area contributed by atoms with Crippen LogP contribution < -0.4 is 5.32 Å². The number of pyridine rings is 1. The van der Waals surface area contributed by atoms with E-state index in [-0.39, 0.29) is 5.91 Å². The van der Waals surface area contributed by atoms with E-state index in [0.717, 1.165) is 37.4 Å². The summed E-state index contributed by atoms with van der Waals surface area (Å²) in [4.78, 5) is 18.4. The van der Waals surface area contributed by atoms with Gasteiger partial charge in [-0.25, -0.2) is 4.98 Å². The minimum Gasteiger partial charge on any atom is -0.370 e. The summed E-state index contributed by atoms with van der Waals surface area (Å²) in [5.74, 6) is 0.746. The van der Waals surface area contributed by atoms with Gasteiger partial charge < -0.3 is 10.2 Å². The maximum Gasteiger partial charge on any atom is 0.253 e. The molecule has 0 radical (unpaired) electrons. The number of unbranched alkanes of at least 4 members (excludes halogenated alkanes) is 1. The van der Waals surface area contributed by atoms with Gasteiger partial charge in [0.25, 0.3) is 5.91 Å². The van der Waals surface area contributed by atoms with Gasteiger partial charge in [-0.05, 0) is 42.7 Å². The molecule has 0 bridgehead atoms. The predicted molar refractivity (Wildman–Crippen MR) is 99.8 cm³/mol. The Balaban J connectivity index is 1.91. The standard InChI is InChI=1S/C19H24ClN3O/c1-3-4-12-23(2)19(24)16-9-11-22-18(14-16)21-10-8-15-6-5-7-17(20)13-15/h5-7,9,11,13-14H,3-4,8,10,12H2,1-2H3,(H,21,22). The Bertz CT molecular complexity index is 675. The van der Waals surface area contributed by atoms with Crippen molar-refractivity contribution in [1.82, 2.24) is 9.88 Å².